The molecule has 0 unspecified atom stereocenters. The normalized spacial score (nSPS) is 11.4. The molecule has 0 aromatic heterocycles. The van der Waals surface area contributed by atoms with Gasteiger partial charge in [-0.05, 0) is 31.0 Å². The number of hydrogen-bond donors (Lipinski definition) is 2. The molecule has 0 fully saturated rings. The van der Waals surface area contributed by atoms with Crippen LogP contribution in [0.3, 0.4) is 0 Å². The first-order valence-electron chi connectivity index (χ1n) is 21.6. The fourth-order valence-electron chi connectivity index (χ4n) is 6.80. The number of amides is 2. The number of anilines is 2. The van der Waals surface area contributed by atoms with Gasteiger partial charge in [0.1, 0.15) is 0 Å². The third-order valence-electron chi connectivity index (χ3n) is 10.0. The van der Waals surface area contributed by atoms with Gasteiger partial charge in [-0.3, -0.25) is 13.8 Å². The largest absolute Gasteiger partial charge is 1.00 e. The number of carbonyl (C=O) groups excluding carboxylic acids is 2. The van der Waals surface area contributed by atoms with E-state index in [9.17, 15) is 22.6 Å². The zero-order chi connectivity index (χ0) is 38.0. The van der Waals surface area contributed by atoms with E-state index in [1.54, 1.807) is 18.2 Å². The Morgan fingerprint density at radius 2 is 0.849 bits per heavy atom. The van der Waals surface area contributed by atoms with Crippen molar-refractivity contribution in [2.45, 2.75) is 226 Å². The maximum atomic E-state index is 12.7. The van der Waals surface area contributed by atoms with Gasteiger partial charge in [0.05, 0.1) is 6.61 Å². The molecule has 0 spiro atoms. The molecule has 10 heteroatoms. The third-order valence-corrected chi connectivity index (χ3v) is 10.4. The Labute approximate surface area is 348 Å². The maximum absolute atomic E-state index is 12.7. The van der Waals surface area contributed by atoms with E-state index in [4.69, 9.17) is 0 Å². The standard InChI is InChI=1S/C43H78N2O6S.Na/c1-3-5-7-9-11-13-15-17-19-21-23-25-27-29-31-33-42(46)44-40-35-36-41(39(37-40)38-51-52(48,49)50)45-43(47)34-32-30-28-26-24-22-20-18-16-14-12-10-8-6-4-2;/h35-37H,3-34,38H2,1-2H3,(H,44,46)(H,45,47)(H,48,49,50);/q;+1/p-1. The van der Waals surface area contributed by atoms with Gasteiger partial charge >= 0.3 is 29.6 Å². The molecule has 0 aliphatic heterocycles. The molecule has 0 aliphatic carbocycles. The minimum Gasteiger partial charge on any atom is -0.726 e. The number of benzene rings is 1. The molecule has 1 aromatic rings. The van der Waals surface area contributed by atoms with Gasteiger partial charge in [0.15, 0.2) is 0 Å². The predicted molar refractivity (Wildman–Crippen MR) is 217 cm³/mol. The monoisotopic (exact) mass is 773 g/mol. The van der Waals surface area contributed by atoms with E-state index in [2.05, 4.69) is 28.7 Å². The number of carbonyl (C=O) groups is 2. The van der Waals surface area contributed by atoms with Gasteiger partial charge < -0.3 is 15.2 Å². The molecule has 0 saturated heterocycles. The first kappa shape index (κ1) is 52.0. The van der Waals surface area contributed by atoms with Crippen LogP contribution >= 0.6 is 0 Å². The van der Waals surface area contributed by atoms with Crippen LogP contribution in [-0.4, -0.2) is 24.8 Å². The van der Waals surface area contributed by atoms with E-state index in [1.165, 1.54) is 154 Å². The molecule has 2 N–H and O–H groups in total. The van der Waals surface area contributed by atoms with Crippen LogP contribution in [0.1, 0.15) is 225 Å². The van der Waals surface area contributed by atoms with Crippen LogP contribution in [0.15, 0.2) is 18.2 Å². The van der Waals surface area contributed by atoms with Crippen LogP contribution in [-0.2, 0) is 30.8 Å². The second-order valence-corrected chi connectivity index (χ2v) is 16.1. The van der Waals surface area contributed by atoms with Crippen molar-refractivity contribution in [3.8, 4) is 0 Å². The molecule has 0 bridgehead atoms. The molecule has 1 rings (SSSR count). The van der Waals surface area contributed by atoms with Gasteiger partial charge in [-0.2, -0.15) is 0 Å². The van der Waals surface area contributed by atoms with Crippen LogP contribution in [0.25, 0.3) is 0 Å². The predicted octanol–water partition coefficient (Wildman–Crippen LogP) is 10.1. The van der Waals surface area contributed by atoms with Crippen molar-refractivity contribution in [2.75, 3.05) is 10.6 Å². The zero-order valence-electron chi connectivity index (χ0n) is 34.4. The molecule has 53 heavy (non-hydrogen) atoms. The minimum absolute atomic E-state index is 0. The smallest absolute Gasteiger partial charge is 0.726 e. The summed E-state index contributed by atoms with van der Waals surface area (Å²) < 4.78 is 38.0. The van der Waals surface area contributed by atoms with E-state index in [1.807, 2.05) is 0 Å². The summed E-state index contributed by atoms with van der Waals surface area (Å²) in [6, 6.07) is 4.84. The van der Waals surface area contributed by atoms with Crippen LogP contribution in [0, 0.1) is 0 Å². The van der Waals surface area contributed by atoms with Crippen molar-refractivity contribution in [1.82, 2.24) is 0 Å². The summed E-state index contributed by atoms with van der Waals surface area (Å²) in [5, 5.41) is 5.69. The summed E-state index contributed by atoms with van der Waals surface area (Å²) >= 11 is 0. The molecular formula is C43H77N2NaO6S. The number of rotatable bonds is 37. The van der Waals surface area contributed by atoms with Gasteiger partial charge in [0.25, 0.3) is 0 Å². The Hall–Kier alpha value is -0.970. The Morgan fingerprint density at radius 1 is 0.528 bits per heavy atom. The van der Waals surface area contributed by atoms with Gasteiger partial charge in [-0.1, -0.05) is 194 Å². The van der Waals surface area contributed by atoms with E-state index < -0.39 is 17.0 Å². The fraction of sp³-hybridized carbons (Fsp3) is 0.814. The molecule has 0 heterocycles. The Morgan fingerprint density at radius 3 is 1.19 bits per heavy atom. The molecule has 1 aromatic carbocycles. The molecule has 8 nitrogen and oxygen atoms in total. The second-order valence-electron chi connectivity index (χ2n) is 15.0. The van der Waals surface area contributed by atoms with Crippen LogP contribution in [0.4, 0.5) is 11.4 Å². The number of hydrogen-bond acceptors (Lipinski definition) is 6. The maximum Gasteiger partial charge on any atom is 1.00 e. The Bertz CT molecular complexity index is 1130. The van der Waals surface area contributed by atoms with Gasteiger partial charge in [0.2, 0.25) is 22.2 Å². The summed E-state index contributed by atoms with van der Waals surface area (Å²) in [5.41, 5.74) is 1.15. The van der Waals surface area contributed by atoms with Crippen LogP contribution < -0.4 is 40.2 Å². The second kappa shape index (κ2) is 36.7. The molecule has 2 amide bonds. The molecule has 0 atom stereocenters. The van der Waals surface area contributed by atoms with Crippen molar-refractivity contribution in [3.05, 3.63) is 23.8 Å². The number of nitrogens with one attached hydrogen (secondary N) is 2. The topological polar surface area (TPSA) is 125 Å². The first-order chi connectivity index (χ1) is 25.2. The molecule has 0 radical (unpaired) electrons. The third kappa shape index (κ3) is 34.0. The first-order valence-corrected chi connectivity index (χ1v) is 22.9. The summed E-state index contributed by atoms with van der Waals surface area (Å²) in [5.74, 6) is -0.297. The summed E-state index contributed by atoms with van der Waals surface area (Å²) in [4.78, 5) is 25.3. The van der Waals surface area contributed by atoms with E-state index in [0.29, 0.717) is 29.8 Å². The summed E-state index contributed by atoms with van der Waals surface area (Å²) in [7, 11) is -4.92. The molecule has 0 aliphatic rings. The summed E-state index contributed by atoms with van der Waals surface area (Å²) in [6.07, 6.45) is 38.6. The van der Waals surface area contributed by atoms with Gasteiger partial charge in [0, 0.05) is 29.8 Å². The molecule has 302 valence electrons. The van der Waals surface area contributed by atoms with Gasteiger partial charge in [-0.15, -0.1) is 0 Å². The van der Waals surface area contributed by atoms with E-state index in [-0.39, 0.29) is 41.4 Å². The average molecular weight is 773 g/mol. The van der Waals surface area contributed by atoms with Crippen molar-refractivity contribution in [2.24, 2.45) is 0 Å². The van der Waals surface area contributed by atoms with Crippen molar-refractivity contribution >= 4 is 33.6 Å². The van der Waals surface area contributed by atoms with Crippen molar-refractivity contribution in [1.29, 1.82) is 0 Å². The Balaban J connectivity index is 0.0000270. The van der Waals surface area contributed by atoms with E-state index in [0.717, 1.165) is 38.5 Å². The fourth-order valence-corrected chi connectivity index (χ4v) is 7.07. The van der Waals surface area contributed by atoms with Crippen LogP contribution in [0.5, 0.6) is 0 Å². The zero-order valence-corrected chi connectivity index (χ0v) is 37.2. The minimum atomic E-state index is -4.92. The van der Waals surface area contributed by atoms with Gasteiger partial charge in [-0.25, -0.2) is 8.42 Å². The summed E-state index contributed by atoms with van der Waals surface area (Å²) in [6.45, 7) is 3.99. The van der Waals surface area contributed by atoms with Crippen molar-refractivity contribution in [3.63, 3.8) is 0 Å². The average Bonchev–Trinajstić information content (AvgIpc) is 3.11. The Kier molecular flexibility index (Phi) is 36.0. The van der Waals surface area contributed by atoms with Crippen molar-refractivity contribution < 1.29 is 56.3 Å². The number of unbranched alkanes of at least 4 members (excludes halogenated alkanes) is 28. The SMILES string of the molecule is CCCCCCCCCCCCCCCCCC(=O)Nc1ccc(NC(=O)CCCCCCCCCCCCCCCCC)c(COS(=O)(=O)[O-])c1.[Na+]. The van der Waals surface area contributed by atoms with E-state index >= 15 is 0 Å². The van der Waals surface area contributed by atoms with Crippen LogP contribution in [0.2, 0.25) is 0 Å². The molecule has 0 saturated carbocycles. The quantitative estimate of drug-likeness (QED) is 0.0300. The molecular weight excluding hydrogens is 696 g/mol.